The van der Waals surface area contributed by atoms with E-state index in [9.17, 15) is 13.6 Å². The zero-order chi connectivity index (χ0) is 14.1. The van der Waals surface area contributed by atoms with Gasteiger partial charge in [-0.2, -0.15) is 8.78 Å². The lowest BCUT2D eigenvalue weighted by Gasteiger charge is -2.06. The molecule has 1 amide bonds. The van der Waals surface area contributed by atoms with Crippen LogP contribution in [0.3, 0.4) is 0 Å². The summed E-state index contributed by atoms with van der Waals surface area (Å²) in [4.78, 5) is 15.8. The van der Waals surface area contributed by atoms with Crippen molar-refractivity contribution in [3.8, 4) is 5.75 Å². The number of hydrogen-bond acceptors (Lipinski definition) is 4. The maximum Gasteiger partial charge on any atom is 0.387 e. The van der Waals surface area contributed by atoms with E-state index in [1.165, 1.54) is 18.3 Å². The van der Waals surface area contributed by atoms with Crippen LogP contribution < -0.4 is 10.1 Å². The Balaban J connectivity index is 2.54. The fraction of sp³-hybridized carbons (Fsp3) is 0.333. The Morgan fingerprint density at radius 3 is 2.89 bits per heavy atom. The topological polar surface area (TPSA) is 59.9 Å². The van der Waals surface area contributed by atoms with Gasteiger partial charge >= 0.3 is 6.61 Å². The second kappa shape index (κ2) is 8.02. The summed E-state index contributed by atoms with van der Waals surface area (Å²) in [6, 6.07) is 6.13. The molecule has 0 saturated carbocycles. The molecule has 104 valence electrons. The van der Waals surface area contributed by atoms with Gasteiger partial charge in [0.25, 0.3) is 5.91 Å². The van der Waals surface area contributed by atoms with Gasteiger partial charge in [-0.15, -0.1) is 0 Å². The van der Waals surface area contributed by atoms with E-state index in [-0.39, 0.29) is 18.3 Å². The molecule has 0 aliphatic heterocycles. The van der Waals surface area contributed by atoms with Crippen LogP contribution in [0.2, 0.25) is 0 Å². The molecule has 1 aromatic carbocycles. The smallest absolute Gasteiger partial charge is 0.387 e. The summed E-state index contributed by atoms with van der Waals surface area (Å²) in [5, 5.41) is 6.04. The summed E-state index contributed by atoms with van der Waals surface area (Å²) >= 11 is 0. The molecule has 0 bridgehead atoms. The minimum Gasteiger partial charge on any atom is -0.434 e. The highest BCUT2D eigenvalue weighted by atomic mass is 19.3. The number of oxime groups is 1. The summed E-state index contributed by atoms with van der Waals surface area (Å²) in [6.07, 6.45) is 1.21. The van der Waals surface area contributed by atoms with Crippen molar-refractivity contribution in [1.29, 1.82) is 0 Å². The van der Waals surface area contributed by atoms with Crippen molar-refractivity contribution < 1.29 is 23.1 Å². The molecule has 0 unspecified atom stereocenters. The predicted octanol–water partition coefficient (Wildman–Crippen LogP) is 1.77. The SMILES string of the molecule is CCNC(=O)CO/N=C/c1ccccc1OC(F)F. The lowest BCUT2D eigenvalue weighted by molar-refractivity contribution is -0.125. The Morgan fingerprint density at radius 2 is 2.21 bits per heavy atom. The molecule has 0 atom stereocenters. The molecular formula is C12H14F2N2O3. The molecule has 1 aromatic rings. The Hall–Kier alpha value is -2.18. The largest absolute Gasteiger partial charge is 0.434 e. The van der Waals surface area contributed by atoms with Crippen LogP contribution in [-0.2, 0) is 9.63 Å². The summed E-state index contributed by atoms with van der Waals surface area (Å²) in [7, 11) is 0. The van der Waals surface area contributed by atoms with E-state index in [2.05, 4.69) is 15.2 Å². The van der Waals surface area contributed by atoms with Crippen LogP contribution in [0.5, 0.6) is 5.75 Å². The number of carbonyl (C=O) groups excluding carboxylic acids is 1. The Kier molecular flexibility index (Phi) is 6.28. The maximum absolute atomic E-state index is 12.1. The van der Waals surface area contributed by atoms with E-state index in [4.69, 9.17) is 4.84 Å². The number of amides is 1. The zero-order valence-electron chi connectivity index (χ0n) is 10.3. The van der Waals surface area contributed by atoms with E-state index >= 15 is 0 Å². The summed E-state index contributed by atoms with van der Waals surface area (Å²) in [5.41, 5.74) is 0.332. The van der Waals surface area contributed by atoms with Gasteiger partial charge in [-0.05, 0) is 19.1 Å². The van der Waals surface area contributed by atoms with E-state index in [0.717, 1.165) is 0 Å². The molecule has 7 heteroatoms. The Bertz CT molecular complexity index is 439. The van der Waals surface area contributed by atoms with Gasteiger partial charge < -0.3 is 14.9 Å². The van der Waals surface area contributed by atoms with Crippen molar-refractivity contribution in [1.82, 2.24) is 5.32 Å². The summed E-state index contributed by atoms with van der Waals surface area (Å²) in [6.45, 7) is -0.871. The number of alkyl halides is 2. The average molecular weight is 272 g/mol. The minimum atomic E-state index is -2.91. The van der Waals surface area contributed by atoms with Gasteiger partial charge in [-0.25, -0.2) is 0 Å². The van der Waals surface area contributed by atoms with E-state index in [1.54, 1.807) is 19.1 Å². The zero-order valence-corrected chi connectivity index (χ0v) is 10.3. The van der Waals surface area contributed by atoms with Gasteiger partial charge in [-0.1, -0.05) is 17.3 Å². The third kappa shape index (κ3) is 5.80. The second-order valence-corrected chi connectivity index (χ2v) is 3.38. The molecule has 0 radical (unpaired) electrons. The first-order valence-electron chi connectivity index (χ1n) is 5.59. The first-order chi connectivity index (χ1) is 9.13. The highest BCUT2D eigenvalue weighted by Crippen LogP contribution is 2.18. The molecule has 0 aromatic heterocycles. The summed E-state index contributed by atoms with van der Waals surface area (Å²) in [5.74, 6) is -0.320. The first-order valence-corrected chi connectivity index (χ1v) is 5.59. The number of benzene rings is 1. The van der Waals surface area contributed by atoms with Gasteiger partial charge in [0, 0.05) is 12.1 Å². The number of nitrogens with one attached hydrogen (secondary N) is 1. The molecule has 5 nitrogen and oxygen atoms in total. The van der Waals surface area contributed by atoms with Crippen LogP contribution in [0.15, 0.2) is 29.4 Å². The molecular weight excluding hydrogens is 258 g/mol. The fourth-order valence-corrected chi connectivity index (χ4v) is 1.23. The van der Waals surface area contributed by atoms with Crippen molar-refractivity contribution in [2.24, 2.45) is 5.16 Å². The van der Waals surface area contributed by atoms with Crippen molar-refractivity contribution in [3.63, 3.8) is 0 Å². The third-order valence-corrected chi connectivity index (χ3v) is 1.97. The standard InChI is InChI=1S/C12H14F2N2O3/c1-2-15-11(17)8-18-16-7-9-5-3-4-6-10(9)19-12(13)14/h3-7,12H,2,8H2,1H3,(H,15,17)/b16-7+. The van der Waals surface area contributed by atoms with Crippen LogP contribution >= 0.6 is 0 Å². The monoisotopic (exact) mass is 272 g/mol. The number of halogens is 2. The quantitative estimate of drug-likeness (QED) is 0.608. The number of likely N-dealkylation sites (N-methyl/N-ethyl adjacent to an activating group) is 1. The van der Waals surface area contributed by atoms with Crippen molar-refractivity contribution in [2.45, 2.75) is 13.5 Å². The van der Waals surface area contributed by atoms with Gasteiger partial charge in [0.1, 0.15) is 5.75 Å². The number of para-hydroxylation sites is 1. The van der Waals surface area contributed by atoms with Crippen LogP contribution in [0, 0.1) is 0 Å². The van der Waals surface area contributed by atoms with Gasteiger partial charge in [0.05, 0.1) is 6.21 Å². The lowest BCUT2D eigenvalue weighted by Crippen LogP contribution is -2.26. The number of carbonyl (C=O) groups is 1. The molecule has 0 aliphatic rings. The van der Waals surface area contributed by atoms with Crippen molar-refractivity contribution in [2.75, 3.05) is 13.2 Å². The molecule has 0 saturated heterocycles. The van der Waals surface area contributed by atoms with E-state index < -0.39 is 6.61 Å². The molecule has 1 N–H and O–H groups in total. The Labute approximate surface area is 109 Å². The highest BCUT2D eigenvalue weighted by molar-refractivity contribution is 5.83. The molecule has 1 rings (SSSR count). The highest BCUT2D eigenvalue weighted by Gasteiger charge is 2.07. The van der Waals surface area contributed by atoms with Crippen LogP contribution in [0.4, 0.5) is 8.78 Å². The summed E-state index contributed by atoms with van der Waals surface area (Å²) < 4.78 is 28.6. The number of hydrogen-bond donors (Lipinski definition) is 1. The van der Waals surface area contributed by atoms with E-state index in [0.29, 0.717) is 12.1 Å². The molecule has 0 spiro atoms. The number of nitrogens with zero attached hydrogens (tertiary/aromatic N) is 1. The number of ether oxygens (including phenoxy) is 1. The molecule has 19 heavy (non-hydrogen) atoms. The van der Waals surface area contributed by atoms with Crippen LogP contribution in [-0.4, -0.2) is 31.9 Å². The lowest BCUT2D eigenvalue weighted by atomic mass is 10.2. The predicted molar refractivity (Wildman–Crippen MR) is 65.3 cm³/mol. The van der Waals surface area contributed by atoms with Gasteiger partial charge in [0.15, 0.2) is 6.61 Å². The maximum atomic E-state index is 12.1. The minimum absolute atomic E-state index is 0.0112. The first kappa shape index (κ1) is 14.9. The molecule has 0 heterocycles. The molecule has 0 aliphatic carbocycles. The Morgan fingerprint density at radius 1 is 1.47 bits per heavy atom. The second-order valence-electron chi connectivity index (χ2n) is 3.38. The third-order valence-electron chi connectivity index (χ3n) is 1.97. The fourth-order valence-electron chi connectivity index (χ4n) is 1.23. The molecule has 0 fully saturated rings. The van der Waals surface area contributed by atoms with Crippen molar-refractivity contribution in [3.05, 3.63) is 29.8 Å². The number of rotatable bonds is 7. The van der Waals surface area contributed by atoms with Crippen molar-refractivity contribution >= 4 is 12.1 Å². The van der Waals surface area contributed by atoms with Gasteiger partial charge in [0.2, 0.25) is 0 Å². The van der Waals surface area contributed by atoms with Crippen LogP contribution in [0.1, 0.15) is 12.5 Å². The normalized spacial score (nSPS) is 10.7. The van der Waals surface area contributed by atoms with Crippen LogP contribution in [0.25, 0.3) is 0 Å². The van der Waals surface area contributed by atoms with Gasteiger partial charge in [-0.3, -0.25) is 4.79 Å². The average Bonchev–Trinajstić information content (AvgIpc) is 2.36. The van der Waals surface area contributed by atoms with E-state index in [1.807, 2.05) is 0 Å².